The number of carbonyl (C=O) groups excluding carboxylic acids is 1. The monoisotopic (exact) mass is 409 g/mol. The van der Waals surface area contributed by atoms with Crippen molar-refractivity contribution in [2.75, 3.05) is 0 Å². The van der Waals surface area contributed by atoms with E-state index in [-0.39, 0.29) is 18.3 Å². The molecule has 156 valence electrons. The molecule has 0 aliphatic carbocycles. The first-order chi connectivity index (χ1) is 14.3. The number of hydrogen-bond acceptors (Lipinski definition) is 3. The third-order valence-electron chi connectivity index (χ3n) is 4.86. The Labute approximate surface area is 174 Å². The van der Waals surface area contributed by atoms with Crippen LogP contribution in [0.2, 0.25) is 0 Å². The molecular formula is C24H24FNO4. The summed E-state index contributed by atoms with van der Waals surface area (Å²) in [7, 11) is 0. The number of aliphatic hydroxyl groups excluding tert-OH is 1. The molecule has 3 rings (SSSR count). The molecule has 0 spiro atoms. The summed E-state index contributed by atoms with van der Waals surface area (Å²) in [4.78, 5) is 22.4. The maximum absolute atomic E-state index is 13.5. The number of benzene rings is 2. The molecule has 1 unspecified atom stereocenters. The second-order valence-electron chi connectivity index (χ2n) is 7.49. The molecule has 0 aliphatic rings. The number of ketones is 1. The molecule has 0 radical (unpaired) electrons. The number of carboxylic acid groups (broad SMARTS) is 1. The molecule has 3 aromatic rings. The minimum Gasteiger partial charge on any atom is -0.481 e. The van der Waals surface area contributed by atoms with Gasteiger partial charge in [0.15, 0.2) is 0 Å². The number of carbonyl (C=O) groups is 2. The molecule has 2 aromatic carbocycles. The lowest BCUT2D eigenvalue weighted by atomic mass is 10.0. The molecule has 1 atom stereocenters. The molecule has 1 aromatic heterocycles. The Morgan fingerprint density at radius 3 is 2.40 bits per heavy atom. The summed E-state index contributed by atoms with van der Waals surface area (Å²) < 4.78 is 15.6. The lowest BCUT2D eigenvalue weighted by molar-refractivity contribution is -0.140. The van der Waals surface area contributed by atoms with E-state index in [1.807, 2.05) is 38.1 Å². The van der Waals surface area contributed by atoms with Gasteiger partial charge in [-0.05, 0) is 43.7 Å². The summed E-state index contributed by atoms with van der Waals surface area (Å²) >= 11 is 0. The number of Topliss-reactive ketones (excluding diaryl/α,β-unsaturated/α-hetero) is 1. The van der Waals surface area contributed by atoms with Crippen LogP contribution in [0.4, 0.5) is 4.39 Å². The largest absolute Gasteiger partial charge is 0.481 e. The van der Waals surface area contributed by atoms with Crippen LogP contribution >= 0.6 is 0 Å². The second-order valence-corrected chi connectivity index (χ2v) is 7.49. The van der Waals surface area contributed by atoms with Gasteiger partial charge in [-0.25, -0.2) is 4.39 Å². The Morgan fingerprint density at radius 2 is 1.77 bits per heavy atom. The normalized spacial score (nSPS) is 12.7. The minimum atomic E-state index is -1.21. The Kier molecular flexibility index (Phi) is 6.47. The first-order valence-corrected chi connectivity index (χ1v) is 9.76. The van der Waals surface area contributed by atoms with Gasteiger partial charge < -0.3 is 14.8 Å². The van der Waals surface area contributed by atoms with E-state index in [0.29, 0.717) is 0 Å². The number of hydrogen-bond donors (Lipinski definition) is 2. The maximum atomic E-state index is 13.5. The van der Waals surface area contributed by atoms with Crippen molar-refractivity contribution in [1.82, 2.24) is 4.57 Å². The highest BCUT2D eigenvalue weighted by Crippen LogP contribution is 2.37. The van der Waals surface area contributed by atoms with Gasteiger partial charge in [0.1, 0.15) is 18.0 Å². The van der Waals surface area contributed by atoms with Crippen molar-refractivity contribution in [2.24, 2.45) is 0 Å². The van der Waals surface area contributed by atoms with Crippen LogP contribution < -0.4 is 0 Å². The number of rotatable bonds is 8. The fourth-order valence-corrected chi connectivity index (χ4v) is 3.67. The van der Waals surface area contributed by atoms with Crippen molar-refractivity contribution in [3.8, 4) is 11.1 Å². The quantitative estimate of drug-likeness (QED) is 0.522. The first kappa shape index (κ1) is 21.5. The summed E-state index contributed by atoms with van der Waals surface area (Å²) in [5.41, 5.74) is 3.56. The topological polar surface area (TPSA) is 79.5 Å². The van der Waals surface area contributed by atoms with E-state index in [0.717, 1.165) is 27.7 Å². The van der Waals surface area contributed by atoms with E-state index in [4.69, 9.17) is 5.11 Å². The van der Waals surface area contributed by atoms with E-state index in [9.17, 15) is 19.1 Å². The number of halogens is 1. The lowest BCUT2D eigenvalue weighted by Crippen LogP contribution is -2.14. The van der Waals surface area contributed by atoms with Gasteiger partial charge in [0.05, 0.1) is 6.10 Å². The number of para-hydroxylation sites is 1. The summed E-state index contributed by atoms with van der Waals surface area (Å²) in [5.74, 6) is -2.08. The molecule has 5 nitrogen and oxygen atoms in total. The van der Waals surface area contributed by atoms with Crippen molar-refractivity contribution in [2.45, 2.75) is 38.8 Å². The van der Waals surface area contributed by atoms with Crippen LogP contribution in [0.15, 0.2) is 54.6 Å². The van der Waals surface area contributed by atoms with Crippen molar-refractivity contribution >= 4 is 28.7 Å². The van der Waals surface area contributed by atoms with E-state index in [1.54, 1.807) is 18.2 Å². The average molecular weight is 409 g/mol. The molecule has 0 saturated heterocycles. The van der Waals surface area contributed by atoms with E-state index >= 15 is 0 Å². The van der Waals surface area contributed by atoms with Gasteiger partial charge in [0.2, 0.25) is 0 Å². The molecule has 0 saturated carbocycles. The van der Waals surface area contributed by atoms with Crippen molar-refractivity contribution in [3.05, 3.63) is 66.1 Å². The average Bonchev–Trinajstić information content (AvgIpc) is 3.00. The predicted octanol–water partition coefficient (Wildman–Crippen LogP) is 4.84. The van der Waals surface area contributed by atoms with E-state index < -0.39 is 24.3 Å². The van der Waals surface area contributed by atoms with Crippen LogP contribution in [0.25, 0.3) is 28.1 Å². The third kappa shape index (κ3) is 4.66. The van der Waals surface area contributed by atoms with Gasteiger partial charge in [0, 0.05) is 34.6 Å². The number of aliphatic carboxylic acids is 1. The zero-order valence-corrected chi connectivity index (χ0v) is 16.9. The van der Waals surface area contributed by atoms with Crippen LogP contribution in [0, 0.1) is 5.82 Å². The molecule has 2 N–H and O–H groups in total. The molecule has 0 bridgehead atoms. The van der Waals surface area contributed by atoms with Crippen LogP contribution in [0.3, 0.4) is 0 Å². The van der Waals surface area contributed by atoms with Gasteiger partial charge in [-0.1, -0.05) is 36.4 Å². The van der Waals surface area contributed by atoms with Gasteiger partial charge in [-0.2, -0.15) is 0 Å². The number of aliphatic hydroxyl groups is 1. The molecule has 1 heterocycles. The number of nitrogens with zero attached hydrogens (tertiary/aromatic N) is 1. The Balaban J connectivity index is 2.09. The lowest BCUT2D eigenvalue weighted by Gasteiger charge is -2.14. The highest BCUT2D eigenvalue weighted by Gasteiger charge is 2.19. The SMILES string of the molecule is CC(C)n1c(/C=C/C(O)CC(=O)CC(=O)O)c(-c2ccc(F)cc2)c2ccccc21. The smallest absolute Gasteiger partial charge is 0.310 e. The molecule has 0 amide bonds. The number of fused-ring (bicyclic) bond motifs is 1. The highest BCUT2D eigenvalue weighted by atomic mass is 19.1. The fourth-order valence-electron chi connectivity index (χ4n) is 3.67. The van der Waals surface area contributed by atoms with Crippen LogP contribution in [-0.2, 0) is 9.59 Å². The first-order valence-electron chi connectivity index (χ1n) is 9.76. The maximum Gasteiger partial charge on any atom is 0.310 e. The Hall–Kier alpha value is -3.25. The standard InChI is InChI=1S/C24H24FNO4/c1-15(2)26-21-6-4-3-5-20(21)24(16-7-9-17(25)10-8-16)22(26)12-11-18(27)13-19(28)14-23(29)30/h3-12,15,18,27H,13-14H2,1-2H3,(H,29,30)/b12-11+. The number of carboxylic acids is 1. The van der Waals surface area contributed by atoms with Gasteiger partial charge >= 0.3 is 5.97 Å². The summed E-state index contributed by atoms with van der Waals surface area (Å²) in [6.45, 7) is 4.09. The Morgan fingerprint density at radius 1 is 1.10 bits per heavy atom. The molecule has 0 fully saturated rings. The zero-order chi connectivity index (χ0) is 21.8. The van der Waals surface area contributed by atoms with Crippen LogP contribution in [0.1, 0.15) is 38.4 Å². The van der Waals surface area contributed by atoms with E-state index in [2.05, 4.69) is 4.57 Å². The van der Waals surface area contributed by atoms with Gasteiger partial charge in [0.25, 0.3) is 0 Å². The summed E-state index contributed by atoms with van der Waals surface area (Å²) in [6.07, 6.45) is 1.27. The highest BCUT2D eigenvalue weighted by molar-refractivity contribution is 6.01. The number of aromatic nitrogens is 1. The van der Waals surface area contributed by atoms with Crippen molar-refractivity contribution in [1.29, 1.82) is 0 Å². The third-order valence-corrected chi connectivity index (χ3v) is 4.86. The molecule has 30 heavy (non-hydrogen) atoms. The van der Waals surface area contributed by atoms with Crippen molar-refractivity contribution < 1.29 is 24.2 Å². The van der Waals surface area contributed by atoms with E-state index in [1.165, 1.54) is 18.2 Å². The minimum absolute atomic E-state index is 0.106. The molecular weight excluding hydrogens is 385 g/mol. The van der Waals surface area contributed by atoms with Crippen LogP contribution in [0.5, 0.6) is 0 Å². The second kappa shape index (κ2) is 9.05. The van der Waals surface area contributed by atoms with Crippen LogP contribution in [-0.4, -0.2) is 32.6 Å². The Bertz CT molecular complexity index is 1100. The zero-order valence-electron chi connectivity index (χ0n) is 16.9. The van der Waals surface area contributed by atoms with Gasteiger partial charge in [-0.15, -0.1) is 0 Å². The fraction of sp³-hybridized carbons (Fsp3) is 0.250. The molecule has 6 heteroatoms. The predicted molar refractivity (Wildman–Crippen MR) is 115 cm³/mol. The summed E-state index contributed by atoms with van der Waals surface area (Å²) in [5, 5.41) is 19.9. The van der Waals surface area contributed by atoms with Crippen molar-refractivity contribution in [3.63, 3.8) is 0 Å². The summed E-state index contributed by atoms with van der Waals surface area (Å²) in [6, 6.07) is 14.2. The molecule has 0 aliphatic heterocycles. The van der Waals surface area contributed by atoms with Gasteiger partial charge in [-0.3, -0.25) is 9.59 Å².